The summed E-state index contributed by atoms with van der Waals surface area (Å²) in [5, 5.41) is 3.46. The first-order valence-corrected chi connectivity index (χ1v) is 6.86. The van der Waals surface area contributed by atoms with Crippen molar-refractivity contribution in [2.24, 2.45) is 0 Å². The highest BCUT2D eigenvalue weighted by atomic mass is 19.1. The first-order valence-electron chi connectivity index (χ1n) is 6.86. The molecule has 0 aromatic heterocycles. The van der Waals surface area contributed by atoms with Gasteiger partial charge in [-0.15, -0.1) is 0 Å². The van der Waals surface area contributed by atoms with E-state index in [4.69, 9.17) is 4.74 Å². The second-order valence-corrected chi connectivity index (χ2v) is 5.37. The molecule has 106 valence electrons. The number of hydrogen-bond donors (Lipinski definition) is 1. The van der Waals surface area contributed by atoms with Crippen molar-refractivity contribution >= 4 is 0 Å². The molecule has 2 unspecified atom stereocenters. The Morgan fingerprint density at radius 1 is 1.47 bits per heavy atom. The average Bonchev–Trinajstić information content (AvgIpc) is 2.41. The molecular formula is C15H23FN2O. The van der Waals surface area contributed by atoms with Crippen molar-refractivity contribution in [1.29, 1.82) is 0 Å². The van der Waals surface area contributed by atoms with Crippen molar-refractivity contribution in [2.75, 3.05) is 20.7 Å². The summed E-state index contributed by atoms with van der Waals surface area (Å²) in [6.07, 6.45) is 2.23. The number of rotatable bonds is 4. The molecule has 19 heavy (non-hydrogen) atoms. The minimum absolute atomic E-state index is 0.251. The maximum Gasteiger partial charge on any atom is 0.169 e. The first-order chi connectivity index (χ1) is 9.11. The van der Waals surface area contributed by atoms with Crippen LogP contribution in [0.3, 0.4) is 0 Å². The lowest BCUT2D eigenvalue weighted by atomic mass is 9.98. The lowest BCUT2D eigenvalue weighted by Gasteiger charge is -2.35. The summed E-state index contributed by atoms with van der Waals surface area (Å²) in [6.45, 7) is 3.89. The molecule has 0 amide bonds. The molecule has 1 aliphatic rings. The van der Waals surface area contributed by atoms with Gasteiger partial charge in [0, 0.05) is 24.2 Å². The molecule has 3 nitrogen and oxygen atoms in total. The van der Waals surface area contributed by atoms with E-state index in [-0.39, 0.29) is 5.82 Å². The summed E-state index contributed by atoms with van der Waals surface area (Å²) in [4.78, 5) is 2.37. The van der Waals surface area contributed by atoms with Crippen LogP contribution in [0.5, 0.6) is 5.75 Å². The van der Waals surface area contributed by atoms with E-state index < -0.39 is 0 Å². The number of halogens is 1. The summed E-state index contributed by atoms with van der Waals surface area (Å²) in [7, 11) is 3.65. The summed E-state index contributed by atoms with van der Waals surface area (Å²) < 4.78 is 19.0. The highest BCUT2D eigenvalue weighted by Gasteiger charge is 2.22. The molecule has 1 aliphatic heterocycles. The number of benzene rings is 1. The lowest BCUT2D eigenvalue weighted by Crippen LogP contribution is -2.45. The van der Waals surface area contributed by atoms with Gasteiger partial charge in [-0.05, 0) is 39.4 Å². The van der Waals surface area contributed by atoms with Gasteiger partial charge in [0.15, 0.2) is 11.6 Å². The van der Waals surface area contributed by atoms with Gasteiger partial charge in [0.25, 0.3) is 0 Å². The largest absolute Gasteiger partial charge is 0.494 e. The fraction of sp³-hybridized carbons (Fsp3) is 0.600. The van der Waals surface area contributed by atoms with Crippen LogP contribution >= 0.6 is 0 Å². The molecular weight excluding hydrogens is 243 g/mol. The van der Waals surface area contributed by atoms with E-state index >= 15 is 0 Å². The van der Waals surface area contributed by atoms with Crippen molar-refractivity contribution in [3.05, 3.63) is 29.6 Å². The van der Waals surface area contributed by atoms with Crippen LogP contribution in [-0.4, -0.2) is 37.7 Å². The summed E-state index contributed by atoms with van der Waals surface area (Å²) in [5.74, 6) is 0.0644. The number of nitrogens with one attached hydrogen (secondary N) is 1. The molecule has 0 bridgehead atoms. The molecule has 1 saturated heterocycles. The molecule has 1 N–H and O–H groups in total. The van der Waals surface area contributed by atoms with Crippen LogP contribution in [0.1, 0.15) is 25.3 Å². The molecule has 2 atom stereocenters. The fourth-order valence-corrected chi connectivity index (χ4v) is 2.58. The van der Waals surface area contributed by atoms with Crippen molar-refractivity contribution in [2.45, 2.75) is 38.4 Å². The SMILES string of the molecule is COc1cccc(CNC2CCN(C)C(C)C2)c1F. The zero-order chi connectivity index (χ0) is 13.8. The Morgan fingerprint density at radius 2 is 2.26 bits per heavy atom. The Kier molecular flexibility index (Phi) is 4.77. The average molecular weight is 266 g/mol. The molecule has 0 saturated carbocycles. The highest BCUT2D eigenvalue weighted by molar-refractivity contribution is 5.30. The molecule has 1 aromatic rings. The van der Waals surface area contributed by atoms with Gasteiger partial charge < -0.3 is 15.0 Å². The number of methoxy groups -OCH3 is 1. The summed E-state index contributed by atoms with van der Waals surface area (Å²) in [5.41, 5.74) is 0.672. The van der Waals surface area contributed by atoms with Gasteiger partial charge in [0.05, 0.1) is 7.11 Å². The number of nitrogens with zero attached hydrogens (tertiary/aromatic N) is 1. The number of likely N-dealkylation sites (tertiary alicyclic amines) is 1. The van der Waals surface area contributed by atoms with Gasteiger partial charge in [0.2, 0.25) is 0 Å². The third-order valence-corrected chi connectivity index (χ3v) is 4.05. The molecule has 4 heteroatoms. The van der Waals surface area contributed by atoms with Crippen LogP contribution < -0.4 is 10.1 Å². The lowest BCUT2D eigenvalue weighted by molar-refractivity contribution is 0.168. The highest BCUT2D eigenvalue weighted by Crippen LogP contribution is 2.21. The molecule has 1 aromatic carbocycles. The molecule has 0 spiro atoms. The Hall–Kier alpha value is -1.13. The number of hydrogen-bond acceptors (Lipinski definition) is 3. The Morgan fingerprint density at radius 3 is 2.95 bits per heavy atom. The Labute approximate surface area is 114 Å². The molecule has 2 rings (SSSR count). The van der Waals surface area contributed by atoms with Gasteiger partial charge in [-0.2, -0.15) is 0 Å². The predicted molar refractivity (Wildman–Crippen MR) is 74.9 cm³/mol. The van der Waals surface area contributed by atoms with E-state index in [1.54, 1.807) is 6.07 Å². The second-order valence-electron chi connectivity index (χ2n) is 5.37. The van der Waals surface area contributed by atoms with E-state index in [0.717, 1.165) is 19.4 Å². The molecule has 0 radical (unpaired) electrons. The fourth-order valence-electron chi connectivity index (χ4n) is 2.58. The van der Waals surface area contributed by atoms with Gasteiger partial charge in [-0.25, -0.2) is 4.39 Å². The van der Waals surface area contributed by atoms with E-state index in [9.17, 15) is 4.39 Å². The zero-order valence-electron chi connectivity index (χ0n) is 11.9. The van der Waals surface area contributed by atoms with Crippen molar-refractivity contribution in [3.8, 4) is 5.75 Å². The van der Waals surface area contributed by atoms with Crippen LogP contribution in [0.2, 0.25) is 0 Å². The first kappa shape index (κ1) is 14.3. The van der Waals surface area contributed by atoms with Gasteiger partial charge in [-0.3, -0.25) is 0 Å². The number of piperidine rings is 1. The topological polar surface area (TPSA) is 24.5 Å². The second kappa shape index (κ2) is 6.35. The van der Waals surface area contributed by atoms with Crippen molar-refractivity contribution in [3.63, 3.8) is 0 Å². The maximum atomic E-state index is 14.0. The van der Waals surface area contributed by atoms with E-state index in [0.29, 0.717) is 29.9 Å². The van der Waals surface area contributed by atoms with Gasteiger partial charge >= 0.3 is 0 Å². The quantitative estimate of drug-likeness (QED) is 0.905. The van der Waals surface area contributed by atoms with E-state index in [2.05, 4.69) is 24.2 Å². The zero-order valence-corrected chi connectivity index (χ0v) is 11.9. The molecule has 1 fully saturated rings. The summed E-state index contributed by atoms with van der Waals surface area (Å²) >= 11 is 0. The monoisotopic (exact) mass is 266 g/mol. The third kappa shape index (κ3) is 3.45. The Balaban J connectivity index is 1.92. The van der Waals surface area contributed by atoms with Gasteiger partial charge in [0.1, 0.15) is 0 Å². The molecule has 0 aliphatic carbocycles. The van der Waals surface area contributed by atoms with Crippen LogP contribution in [0.25, 0.3) is 0 Å². The minimum atomic E-state index is -0.251. The van der Waals surface area contributed by atoms with Crippen molar-refractivity contribution in [1.82, 2.24) is 10.2 Å². The van der Waals surface area contributed by atoms with Gasteiger partial charge in [-0.1, -0.05) is 12.1 Å². The maximum absolute atomic E-state index is 14.0. The van der Waals surface area contributed by atoms with Crippen LogP contribution in [0, 0.1) is 5.82 Å². The van der Waals surface area contributed by atoms with Crippen molar-refractivity contribution < 1.29 is 9.13 Å². The molecule has 1 heterocycles. The van der Waals surface area contributed by atoms with E-state index in [1.807, 2.05) is 12.1 Å². The normalized spacial score (nSPS) is 24.4. The third-order valence-electron chi connectivity index (χ3n) is 4.05. The number of ether oxygens (including phenoxy) is 1. The minimum Gasteiger partial charge on any atom is -0.494 e. The van der Waals surface area contributed by atoms with Crippen LogP contribution in [-0.2, 0) is 6.54 Å². The van der Waals surface area contributed by atoms with Crippen LogP contribution in [0.4, 0.5) is 4.39 Å². The standard InChI is InChI=1S/C15H23FN2O/c1-11-9-13(7-8-18(11)2)17-10-12-5-4-6-14(19-3)15(12)16/h4-6,11,13,17H,7-10H2,1-3H3. The van der Waals surface area contributed by atoms with E-state index in [1.165, 1.54) is 7.11 Å². The predicted octanol–water partition coefficient (Wildman–Crippen LogP) is 2.41. The smallest absolute Gasteiger partial charge is 0.169 e. The summed E-state index contributed by atoms with van der Waals surface area (Å²) in [6, 6.07) is 6.34. The van der Waals surface area contributed by atoms with Crippen LogP contribution in [0.15, 0.2) is 18.2 Å². The Bertz CT molecular complexity index is 425.